The van der Waals surface area contributed by atoms with Crippen LogP contribution >= 0.6 is 0 Å². The molecule has 1 aliphatic heterocycles. The number of phenols is 1. The molecule has 1 aromatic heterocycles. The highest BCUT2D eigenvalue weighted by Crippen LogP contribution is 2.26. The molecule has 0 aliphatic carbocycles. The quantitative estimate of drug-likeness (QED) is 0.745. The fourth-order valence-electron chi connectivity index (χ4n) is 3.42. The maximum Gasteiger partial charge on any atom is 0.254 e. The molecule has 2 N–H and O–H groups in total. The number of aromatic amines is 1. The molecular formula is C21H21N3O3. The number of aromatic hydroxyl groups is 1. The summed E-state index contributed by atoms with van der Waals surface area (Å²) in [6, 6.07) is 14.9. The van der Waals surface area contributed by atoms with Crippen LogP contribution in [0.3, 0.4) is 0 Å². The van der Waals surface area contributed by atoms with Gasteiger partial charge in [0.05, 0.1) is 12.8 Å². The first-order chi connectivity index (χ1) is 13.1. The van der Waals surface area contributed by atoms with Crippen LogP contribution in [0.4, 0.5) is 0 Å². The summed E-state index contributed by atoms with van der Waals surface area (Å²) in [5.74, 6) is 1.54. The lowest BCUT2D eigenvalue weighted by atomic mass is 10.0. The molecule has 0 radical (unpaired) electrons. The minimum absolute atomic E-state index is 0.0669. The number of nitrogens with one attached hydrogen (secondary N) is 1. The van der Waals surface area contributed by atoms with Crippen molar-refractivity contribution in [1.82, 2.24) is 14.9 Å². The van der Waals surface area contributed by atoms with Crippen LogP contribution in [0.25, 0.3) is 11.4 Å². The monoisotopic (exact) mass is 363 g/mol. The van der Waals surface area contributed by atoms with Gasteiger partial charge in [-0.3, -0.25) is 9.69 Å². The number of aromatic nitrogens is 2. The summed E-state index contributed by atoms with van der Waals surface area (Å²) in [5, 5.41) is 10.1. The molecule has 138 valence electrons. The van der Waals surface area contributed by atoms with Crippen LogP contribution in [0.15, 0.2) is 53.3 Å². The van der Waals surface area contributed by atoms with Gasteiger partial charge in [0.1, 0.15) is 17.3 Å². The van der Waals surface area contributed by atoms with E-state index in [0.29, 0.717) is 31.1 Å². The number of hydrogen-bond acceptors (Lipinski definition) is 5. The number of hydrogen-bond donors (Lipinski definition) is 2. The van der Waals surface area contributed by atoms with E-state index in [-0.39, 0.29) is 11.3 Å². The smallest absolute Gasteiger partial charge is 0.254 e. The molecular weight excluding hydrogens is 342 g/mol. The SMILES string of the molecule is COc1ccc(O)c(CN2CCc3c(nc(-c4ccccc4)[nH]c3=O)C2)c1. The summed E-state index contributed by atoms with van der Waals surface area (Å²) in [4.78, 5) is 22.3. The summed E-state index contributed by atoms with van der Waals surface area (Å²) in [6.07, 6.45) is 0.636. The second kappa shape index (κ2) is 7.25. The topological polar surface area (TPSA) is 78.5 Å². The average Bonchev–Trinajstić information content (AvgIpc) is 2.70. The molecule has 0 atom stereocenters. The lowest BCUT2D eigenvalue weighted by molar-refractivity contribution is 0.237. The van der Waals surface area contributed by atoms with E-state index in [9.17, 15) is 9.90 Å². The van der Waals surface area contributed by atoms with Crippen LogP contribution in [0.1, 0.15) is 16.8 Å². The van der Waals surface area contributed by atoms with Gasteiger partial charge >= 0.3 is 0 Å². The van der Waals surface area contributed by atoms with E-state index in [4.69, 9.17) is 9.72 Å². The number of methoxy groups -OCH3 is 1. The van der Waals surface area contributed by atoms with E-state index in [1.54, 1.807) is 19.2 Å². The predicted molar refractivity (Wildman–Crippen MR) is 103 cm³/mol. The summed E-state index contributed by atoms with van der Waals surface area (Å²) in [5.41, 5.74) is 3.17. The Hall–Kier alpha value is -3.12. The largest absolute Gasteiger partial charge is 0.508 e. The maximum atomic E-state index is 12.5. The Morgan fingerprint density at radius 2 is 2.04 bits per heavy atom. The Morgan fingerprint density at radius 3 is 2.81 bits per heavy atom. The van der Waals surface area contributed by atoms with Gasteiger partial charge < -0.3 is 14.8 Å². The van der Waals surface area contributed by atoms with Crippen LogP contribution in [0.5, 0.6) is 11.5 Å². The second-order valence-electron chi connectivity index (χ2n) is 6.66. The third-order valence-corrected chi connectivity index (χ3v) is 4.88. The van der Waals surface area contributed by atoms with Gasteiger partial charge in [0, 0.05) is 36.3 Å². The van der Waals surface area contributed by atoms with Gasteiger partial charge in [-0.1, -0.05) is 30.3 Å². The Labute approximate surface area is 157 Å². The number of benzene rings is 2. The van der Waals surface area contributed by atoms with Crippen molar-refractivity contribution >= 4 is 0 Å². The van der Waals surface area contributed by atoms with Crippen molar-refractivity contribution in [2.24, 2.45) is 0 Å². The third kappa shape index (κ3) is 3.57. The minimum atomic E-state index is -0.0669. The first kappa shape index (κ1) is 17.3. The summed E-state index contributed by atoms with van der Waals surface area (Å²) in [6.45, 7) is 1.87. The molecule has 0 bridgehead atoms. The minimum Gasteiger partial charge on any atom is -0.508 e. The van der Waals surface area contributed by atoms with Crippen molar-refractivity contribution < 1.29 is 9.84 Å². The number of phenolic OH excluding ortho intramolecular Hbond substituents is 1. The van der Waals surface area contributed by atoms with E-state index >= 15 is 0 Å². The highest BCUT2D eigenvalue weighted by atomic mass is 16.5. The Balaban J connectivity index is 1.61. The van der Waals surface area contributed by atoms with Gasteiger partial charge in [-0.15, -0.1) is 0 Å². The highest BCUT2D eigenvalue weighted by Gasteiger charge is 2.22. The van der Waals surface area contributed by atoms with E-state index in [1.807, 2.05) is 36.4 Å². The Bertz CT molecular complexity index is 1010. The molecule has 0 unspecified atom stereocenters. The molecule has 0 spiro atoms. The molecule has 0 saturated heterocycles. The molecule has 1 aliphatic rings. The van der Waals surface area contributed by atoms with Crippen LogP contribution in [-0.2, 0) is 19.5 Å². The van der Waals surface area contributed by atoms with E-state index in [0.717, 1.165) is 28.9 Å². The third-order valence-electron chi connectivity index (χ3n) is 4.88. The molecule has 3 aromatic rings. The van der Waals surface area contributed by atoms with Crippen molar-refractivity contribution in [3.63, 3.8) is 0 Å². The lowest BCUT2D eigenvalue weighted by Crippen LogP contribution is -2.35. The number of fused-ring (bicyclic) bond motifs is 1. The maximum absolute atomic E-state index is 12.5. The molecule has 2 aromatic carbocycles. The van der Waals surface area contributed by atoms with Crippen LogP contribution in [-0.4, -0.2) is 33.6 Å². The number of H-pyrrole nitrogens is 1. The van der Waals surface area contributed by atoms with Crippen molar-refractivity contribution in [3.8, 4) is 22.9 Å². The molecule has 6 nitrogen and oxygen atoms in total. The first-order valence-electron chi connectivity index (χ1n) is 8.90. The Kier molecular flexibility index (Phi) is 4.64. The predicted octanol–water partition coefficient (Wildman–Crippen LogP) is 2.71. The van der Waals surface area contributed by atoms with Crippen molar-refractivity contribution in [2.75, 3.05) is 13.7 Å². The summed E-state index contributed by atoms with van der Waals surface area (Å²) >= 11 is 0. The van der Waals surface area contributed by atoms with Gasteiger partial charge in [0.15, 0.2) is 0 Å². The molecule has 6 heteroatoms. The number of nitrogens with zero attached hydrogens (tertiary/aromatic N) is 2. The molecule has 0 amide bonds. The zero-order chi connectivity index (χ0) is 18.8. The zero-order valence-electron chi connectivity index (χ0n) is 15.1. The fourth-order valence-corrected chi connectivity index (χ4v) is 3.42. The van der Waals surface area contributed by atoms with Crippen molar-refractivity contribution in [1.29, 1.82) is 0 Å². The zero-order valence-corrected chi connectivity index (χ0v) is 15.1. The highest BCUT2D eigenvalue weighted by molar-refractivity contribution is 5.54. The van der Waals surface area contributed by atoms with Gasteiger partial charge in [-0.25, -0.2) is 4.98 Å². The van der Waals surface area contributed by atoms with Crippen molar-refractivity contribution in [3.05, 3.63) is 75.7 Å². The fraction of sp³-hybridized carbons (Fsp3) is 0.238. The van der Waals surface area contributed by atoms with Crippen LogP contribution in [0.2, 0.25) is 0 Å². The van der Waals surface area contributed by atoms with E-state index < -0.39 is 0 Å². The summed E-state index contributed by atoms with van der Waals surface area (Å²) in [7, 11) is 1.61. The van der Waals surface area contributed by atoms with Gasteiger partial charge in [0.25, 0.3) is 5.56 Å². The van der Waals surface area contributed by atoms with E-state index in [1.165, 1.54) is 0 Å². The van der Waals surface area contributed by atoms with E-state index in [2.05, 4.69) is 9.88 Å². The average molecular weight is 363 g/mol. The normalized spacial score (nSPS) is 14.0. The van der Waals surface area contributed by atoms with Gasteiger partial charge in [-0.2, -0.15) is 0 Å². The molecule has 27 heavy (non-hydrogen) atoms. The molecule has 2 heterocycles. The number of rotatable bonds is 4. The van der Waals surface area contributed by atoms with Crippen LogP contribution < -0.4 is 10.3 Å². The van der Waals surface area contributed by atoms with Gasteiger partial charge in [-0.05, 0) is 24.6 Å². The van der Waals surface area contributed by atoms with Crippen molar-refractivity contribution in [2.45, 2.75) is 19.5 Å². The Morgan fingerprint density at radius 1 is 1.22 bits per heavy atom. The second-order valence-corrected chi connectivity index (χ2v) is 6.66. The summed E-state index contributed by atoms with van der Waals surface area (Å²) < 4.78 is 5.25. The molecule has 4 rings (SSSR count). The molecule has 0 fully saturated rings. The lowest BCUT2D eigenvalue weighted by Gasteiger charge is -2.28. The first-order valence-corrected chi connectivity index (χ1v) is 8.90. The van der Waals surface area contributed by atoms with Crippen LogP contribution in [0, 0.1) is 0 Å². The molecule has 0 saturated carbocycles. The van der Waals surface area contributed by atoms with Gasteiger partial charge in [0.2, 0.25) is 0 Å². The number of ether oxygens (including phenoxy) is 1. The standard InChI is InChI=1S/C21H21N3O3/c1-27-16-7-8-19(25)15(11-16)12-24-10-9-17-18(13-24)22-20(23-21(17)26)14-5-3-2-4-6-14/h2-8,11,25H,9-10,12-13H2,1H3,(H,22,23,26).